The summed E-state index contributed by atoms with van der Waals surface area (Å²) in [6.07, 6.45) is 0.874. The van der Waals surface area contributed by atoms with Gasteiger partial charge in [0.2, 0.25) is 0 Å². The van der Waals surface area contributed by atoms with E-state index in [0.717, 1.165) is 6.42 Å². The van der Waals surface area contributed by atoms with Crippen molar-refractivity contribution in [2.24, 2.45) is 5.92 Å². The van der Waals surface area contributed by atoms with Gasteiger partial charge in [-0.2, -0.15) is 0 Å². The Labute approximate surface area is 80.4 Å². The topological polar surface area (TPSA) is 35.5 Å². The molecule has 0 aromatic heterocycles. The number of carbonyl (C=O) groups is 1. The van der Waals surface area contributed by atoms with Crippen molar-refractivity contribution in [3.05, 3.63) is 0 Å². The second-order valence-electron chi connectivity index (χ2n) is 3.35. The number of methoxy groups -OCH3 is 1. The van der Waals surface area contributed by atoms with E-state index in [-0.39, 0.29) is 24.4 Å². The molecule has 0 spiro atoms. The predicted molar refractivity (Wildman–Crippen MR) is 51.8 cm³/mol. The summed E-state index contributed by atoms with van der Waals surface area (Å²) < 4.78 is 10.2. The van der Waals surface area contributed by atoms with E-state index in [0.29, 0.717) is 6.61 Å². The van der Waals surface area contributed by atoms with Gasteiger partial charge in [0.15, 0.2) is 5.78 Å². The molecule has 2 atom stereocenters. The minimum Gasteiger partial charge on any atom is -0.382 e. The smallest absolute Gasteiger partial charge is 0.161 e. The molecule has 0 rings (SSSR count). The van der Waals surface area contributed by atoms with Crippen molar-refractivity contribution in [3.8, 4) is 0 Å². The van der Waals surface area contributed by atoms with Gasteiger partial charge < -0.3 is 9.47 Å². The van der Waals surface area contributed by atoms with Crippen LogP contribution in [0.1, 0.15) is 27.2 Å². The summed E-state index contributed by atoms with van der Waals surface area (Å²) in [5.74, 6) is 0.278. The van der Waals surface area contributed by atoms with Crippen LogP contribution in [0.25, 0.3) is 0 Å². The van der Waals surface area contributed by atoms with E-state index in [1.54, 1.807) is 7.11 Å². The highest BCUT2D eigenvalue weighted by molar-refractivity contribution is 5.81. The van der Waals surface area contributed by atoms with Crippen LogP contribution in [0.15, 0.2) is 0 Å². The molecule has 0 bridgehead atoms. The van der Waals surface area contributed by atoms with Crippen LogP contribution >= 0.6 is 0 Å². The first-order chi connectivity index (χ1) is 6.11. The summed E-state index contributed by atoms with van der Waals surface area (Å²) in [7, 11) is 1.62. The lowest BCUT2D eigenvalue weighted by atomic mass is 10.0. The molecule has 13 heavy (non-hydrogen) atoms. The minimum absolute atomic E-state index is 0.00185. The number of carbonyl (C=O) groups excluding carboxylic acids is 1. The normalized spacial score (nSPS) is 15.4. The maximum absolute atomic E-state index is 11.3. The standard InChI is InChI=1S/C10H20O3/c1-5-8(2)10(11)7-13-9(3)6-12-4/h8-9H,5-7H2,1-4H3. The summed E-state index contributed by atoms with van der Waals surface area (Å²) in [4.78, 5) is 11.3. The maximum atomic E-state index is 11.3. The van der Waals surface area contributed by atoms with Gasteiger partial charge in [-0.05, 0) is 13.3 Å². The van der Waals surface area contributed by atoms with E-state index in [2.05, 4.69) is 0 Å². The Morgan fingerprint density at radius 3 is 2.46 bits per heavy atom. The Hall–Kier alpha value is -0.410. The molecule has 0 N–H and O–H groups in total. The van der Waals surface area contributed by atoms with Crippen LogP contribution in [0, 0.1) is 5.92 Å². The molecule has 0 aliphatic heterocycles. The zero-order chi connectivity index (χ0) is 10.3. The first-order valence-electron chi connectivity index (χ1n) is 4.75. The van der Waals surface area contributed by atoms with Gasteiger partial charge >= 0.3 is 0 Å². The van der Waals surface area contributed by atoms with E-state index in [9.17, 15) is 4.79 Å². The van der Waals surface area contributed by atoms with Crippen molar-refractivity contribution in [2.45, 2.75) is 33.3 Å². The summed E-state index contributed by atoms with van der Waals surface area (Å²) in [5, 5.41) is 0. The fourth-order valence-corrected chi connectivity index (χ4v) is 0.877. The second kappa shape index (κ2) is 7.04. The lowest BCUT2D eigenvalue weighted by molar-refractivity contribution is -0.129. The number of ketones is 1. The third kappa shape index (κ3) is 5.77. The summed E-state index contributed by atoms with van der Waals surface area (Å²) in [5.41, 5.74) is 0. The number of Topliss-reactive ketones (excluding diaryl/α,β-unsaturated/α-hetero) is 1. The highest BCUT2D eigenvalue weighted by Crippen LogP contribution is 2.03. The molecule has 0 saturated carbocycles. The molecule has 0 aliphatic carbocycles. The Balaban J connectivity index is 3.57. The van der Waals surface area contributed by atoms with Crippen LogP contribution < -0.4 is 0 Å². The summed E-state index contributed by atoms with van der Waals surface area (Å²) >= 11 is 0. The number of hydrogen-bond acceptors (Lipinski definition) is 3. The molecule has 0 aromatic carbocycles. The van der Waals surface area contributed by atoms with Gasteiger partial charge in [-0.1, -0.05) is 13.8 Å². The van der Waals surface area contributed by atoms with Crippen LogP contribution in [0.2, 0.25) is 0 Å². The van der Waals surface area contributed by atoms with Crippen molar-refractivity contribution in [1.29, 1.82) is 0 Å². The molecule has 0 amide bonds. The molecule has 0 heterocycles. The molecule has 0 aromatic rings. The van der Waals surface area contributed by atoms with Crippen molar-refractivity contribution < 1.29 is 14.3 Å². The van der Waals surface area contributed by atoms with Crippen molar-refractivity contribution in [2.75, 3.05) is 20.3 Å². The lowest BCUT2D eigenvalue weighted by Gasteiger charge is -2.13. The fraction of sp³-hybridized carbons (Fsp3) is 0.900. The van der Waals surface area contributed by atoms with Crippen molar-refractivity contribution >= 4 is 5.78 Å². The molecule has 2 unspecified atom stereocenters. The third-order valence-electron chi connectivity index (χ3n) is 2.07. The largest absolute Gasteiger partial charge is 0.382 e. The van der Waals surface area contributed by atoms with Crippen LogP contribution in [0.5, 0.6) is 0 Å². The summed E-state index contributed by atoms with van der Waals surface area (Å²) in [6, 6.07) is 0. The minimum atomic E-state index is -0.00185. The van der Waals surface area contributed by atoms with E-state index < -0.39 is 0 Å². The predicted octanol–water partition coefficient (Wildman–Crippen LogP) is 1.65. The van der Waals surface area contributed by atoms with Gasteiger partial charge in [0.1, 0.15) is 6.61 Å². The Kier molecular flexibility index (Phi) is 6.82. The Morgan fingerprint density at radius 2 is 2.00 bits per heavy atom. The number of rotatable bonds is 7. The molecular formula is C10H20O3. The van der Waals surface area contributed by atoms with E-state index in [1.165, 1.54) is 0 Å². The monoisotopic (exact) mass is 188 g/mol. The first-order valence-corrected chi connectivity index (χ1v) is 4.75. The Morgan fingerprint density at radius 1 is 1.38 bits per heavy atom. The fourth-order valence-electron chi connectivity index (χ4n) is 0.877. The lowest BCUT2D eigenvalue weighted by Crippen LogP contribution is -2.23. The Bertz CT molecular complexity index is 145. The highest BCUT2D eigenvalue weighted by Gasteiger charge is 2.12. The average Bonchev–Trinajstić information content (AvgIpc) is 2.13. The third-order valence-corrected chi connectivity index (χ3v) is 2.07. The van der Waals surface area contributed by atoms with Gasteiger partial charge in [0.05, 0.1) is 12.7 Å². The quantitative estimate of drug-likeness (QED) is 0.609. The van der Waals surface area contributed by atoms with Gasteiger partial charge in [-0.15, -0.1) is 0 Å². The van der Waals surface area contributed by atoms with E-state index in [4.69, 9.17) is 9.47 Å². The van der Waals surface area contributed by atoms with Crippen molar-refractivity contribution in [1.82, 2.24) is 0 Å². The number of ether oxygens (including phenoxy) is 2. The number of hydrogen-bond donors (Lipinski definition) is 0. The molecule has 0 aliphatic rings. The van der Waals surface area contributed by atoms with Gasteiger partial charge in [0, 0.05) is 13.0 Å². The molecule has 78 valence electrons. The van der Waals surface area contributed by atoms with E-state index >= 15 is 0 Å². The molecule has 3 heteroatoms. The molecule has 0 fully saturated rings. The van der Waals surface area contributed by atoms with Crippen LogP contribution in [-0.2, 0) is 14.3 Å². The zero-order valence-electron chi connectivity index (χ0n) is 9.00. The van der Waals surface area contributed by atoms with Gasteiger partial charge in [0.25, 0.3) is 0 Å². The van der Waals surface area contributed by atoms with Gasteiger partial charge in [-0.3, -0.25) is 4.79 Å². The summed E-state index contributed by atoms with van der Waals surface area (Å²) in [6.45, 7) is 6.56. The molecule has 3 nitrogen and oxygen atoms in total. The highest BCUT2D eigenvalue weighted by atomic mass is 16.5. The van der Waals surface area contributed by atoms with Crippen molar-refractivity contribution in [3.63, 3.8) is 0 Å². The van der Waals surface area contributed by atoms with E-state index in [1.807, 2.05) is 20.8 Å². The molecule has 0 radical (unpaired) electrons. The first kappa shape index (κ1) is 12.6. The molecule has 0 saturated heterocycles. The zero-order valence-corrected chi connectivity index (χ0v) is 9.00. The van der Waals surface area contributed by atoms with Crippen LogP contribution in [-0.4, -0.2) is 32.2 Å². The average molecular weight is 188 g/mol. The second-order valence-corrected chi connectivity index (χ2v) is 3.35. The van der Waals surface area contributed by atoms with Gasteiger partial charge in [-0.25, -0.2) is 0 Å². The maximum Gasteiger partial charge on any atom is 0.161 e. The van der Waals surface area contributed by atoms with Crippen LogP contribution in [0.4, 0.5) is 0 Å². The van der Waals surface area contributed by atoms with Crippen LogP contribution in [0.3, 0.4) is 0 Å². The SMILES string of the molecule is CCC(C)C(=O)COC(C)COC. The molecular weight excluding hydrogens is 168 g/mol.